The molecule has 1 aromatic carbocycles. The molecule has 0 bridgehead atoms. The van der Waals surface area contributed by atoms with Crippen LogP contribution in [0.5, 0.6) is 0 Å². The van der Waals surface area contributed by atoms with E-state index in [1.165, 1.54) is 16.8 Å². The lowest BCUT2D eigenvalue weighted by molar-refractivity contribution is -0.137. The van der Waals surface area contributed by atoms with E-state index in [2.05, 4.69) is 10.1 Å². The van der Waals surface area contributed by atoms with Crippen LogP contribution in [-0.4, -0.2) is 14.8 Å². The van der Waals surface area contributed by atoms with Crippen molar-refractivity contribution in [1.82, 2.24) is 14.8 Å². The van der Waals surface area contributed by atoms with Crippen molar-refractivity contribution in [3.63, 3.8) is 0 Å². The summed E-state index contributed by atoms with van der Waals surface area (Å²) in [4.78, 5) is 4.08. The number of benzene rings is 1. The summed E-state index contributed by atoms with van der Waals surface area (Å²) in [5, 5.41) is 4.09. The summed E-state index contributed by atoms with van der Waals surface area (Å²) in [5.74, 6) is 1.03. The number of hydrogen-bond acceptors (Lipinski definition) is 3. The van der Waals surface area contributed by atoms with E-state index in [-0.39, 0.29) is 6.54 Å². The van der Waals surface area contributed by atoms with Crippen LogP contribution in [0.4, 0.5) is 13.2 Å². The highest BCUT2D eigenvalue weighted by Crippen LogP contribution is 2.29. The van der Waals surface area contributed by atoms with Crippen LogP contribution in [0.1, 0.15) is 17.2 Å². The third kappa shape index (κ3) is 2.35. The largest absolute Gasteiger partial charge is 0.416 e. The van der Waals surface area contributed by atoms with E-state index < -0.39 is 11.7 Å². The summed E-state index contributed by atoms with van der Waals surface area (Å²) in [6.45, 7) is 1.90. The summed E-state index contributed by atoms with van der Waals surface area (Å²) in [7, 11) is 0. The third-order valence-corrected chi connectivity index (χ3v) is 2.43. The van der Waals surface area contributed by atoms with Gasteiger partial charge in [0.05, 0.1) is 17.8 Å². The fourth-order valence-corrected chi connectivity index (χ4v) is 1.57. The Bertz CT molecular complexity index is 542. The van der Waals surface area contributed by atoms with E-state index in [1.807, 2.05) is 0 Å². The minimum Gasteiger partial charge on any atom is -0.324 e. The topological polar surface area (TPSA) is 56.7 Å². The average molecular weight is 256 g/mol. The third-order valence-electron chi connectivity index (χ3n) is 2.43. The van der Waals surface area contributed by atoms with E-state index in [0.29, 0.717) is 17.3 Å². The van der Waals surface area contributed by atoms with Gasteiger partial charge in [-0.3, -0.25) is 0 Å². The van der Waals surface area contributed by atoms with Gasteiger partial charge in [-0.2, -0.15) is 13.2 Å². The molecule has 0 unspecified atom stereocenters. The molecular formula is C11H11F3N4. The van der Waals surface area contributed by atoms with Gasteiger partial charge in [0.2, 0.25) is 0 Å². The van der Waals surface area contributed by atoms with Crippen molar-refractivity contribution in [2.45, 2.75) is 19.6 Å². The first-order chi connectivity index (χ1) is 8.41. The molecule has 1 aromatic heterocycles. The van der Waals surface area contributed by atoms with Gasteiger partial charge in [-0.1, -0.05) is 0 Å². The molecule has 0 radical (unpaired) electrons. The monoisotopic (exact) mass is 256 g/mol. The first kappa shape index (κ1) is 12.6. The number of nitrogens with zero attached hydrogens (tertiary/aromatic N) is 3. The number of alkyl halides is 3. The van der Waals surface area contributed by atoms with Crippen molar-refractivity contribution in [2.24, 2.45) is 5.73 Å². The van der Waals surface area contributed by atoms with E-state index in [1.54, 1.807) is 6.92 Å². The van der Waals surface area contributed by atoms with E-state index in [9.17, 15) is 13.2 Å². The molecule has 0 saturated carbocycles. The Labute approximate surface area is 101 Å². The van der Waals surface area contributed by atoms with E-state index in [0.717, 1.165) is 12.1 Å². The number of aryl methyl sites for hydroxylation is 1. The average Bonchev–Trinajstić information content (AvgIpc) is 2.70. The Kier molecular flexibility index (Phi) is 3.08. The molecule has 96 valence electrons. The molecule has 2 rings (SSSR count). The second kappa shape index (κ2) is 4.41. The van der Waals surface area contributed by atoms with Crippen LogP contribution in [0.3, 0.4) is 0 Å². The zero-order valence-corrected chi connectivity index (χ0v) is 9.57. The molecule has 4 nitrogen and oxygen atoms in total. The molecule has 0 aliphatic rings. The molecule has 0 atom stereocenters. The van der Waals surface area contributed by atoms with Crippen LogP contribution in [0, 0.1) is 6.92 Å². The van der Waals surface area contributed by atoms with Crippen molar-refractivity contribution in [3.05, 3.63) is 41.5 Å². The molecule has 7 heteroatoms. The van der Waals surface area contributed by atoms with Gasteiger partial charge in [0.15, 0.2) is 5.82 Å². The quantitative estimate of drug-likeness (QED) is 0.894. The van der Waals surface area contributed by atoms with E-state index in [4.69, 9.17) is 5.73 Å². The Balaban J connectivity index is 2.37. The van der Waals surface area contributed by atoms with Gasteiger partial charge in [-0.25, -0.2) is 9.67 Å². The molecule has 0 amide bonds. The summed E-state index contributed by atoms with van der Waals surface area (Å²) in [6.07, 6.45) is -4.33. The molecule has 0 saturated heterocycles. The SMILES string of the molecule is Cc1nc(CN)nn1-c1ccc(C(F)(F)F)cc1. The van der Waals surface area contributed by atoms with Gasteiger partial charge in [-0.15, -0.1) is 5.10 Å². The summed E-state index contributed by atoms with van der Waals surface area (Å²) >= 11 is 0. The Hall–Kier alpha value is -1.89. The van der Waals surface area contributed by atoms with Gasteiger partial charge in [0.25, 0.3) is 0 Å². The minimum atomic E-state index is -4.33. The maximum Gasteiger partial charge on any atom is 0.416 e. The van der Waals surface area contributed by atoms with Crippen LogP contribution in [0.15, 0.2) is 24.3 Å². The smallest absolute Gasteiger partial charge is 0.324 e. The molecule has 0 spiro atoms. The number of nitrogens with two attached hydrogens (primary N) is 1. The second-order valence-corrected chi connectivity index (χ2v) is 3.74. The second-order valence-electron chi connectivity index (χ2n) is 3.74. The fraction of sp³-hybridized carbons (Fsp3) is 0.273. The van der Waals surface area contributed by atoms with Crippen LogP contribution < -0.4 is 5.73 Å². The highest BCUT2D eigenvalue weighted by atomic mass is 19.4. The van der Waals surface area contributed by atoms with Crippen LogP contribution in [-0.2, 0) is 12.7 Å². The molecule has 0 aliphatic carbocycles. The molecular weight excluding hydrogens is 245 g/mol. The van der Waals surface area contributed by atoms with Crippen LogP contribution in [0.25, 0.3) is 5.69 Å². The van der Waals surface area contributed by atoms with Crippen molar-refractivity contribution in [1.29, 1.82) is 0 Å². The van der Waals surface area contributed by atoms with Gasteiger partial charge < -0.3 is 5.73 Å². The number of rotatable bonds is 2. The van der Waals surface area contributed by atoms with E-state index >= 15 is 0 Å². The van der Waals surface area contributed by atoms with Crippen molar-refractivity contribution < 1.29 is 13.2 Å². The lowest BCUT2D eigenvalue weighted by atomic mass is 10.2. The molecule has 2 N–H and O–H groups in total. The zero-order valence-electron chi connectivity index (χ0n) is 9.57. The first-order valence-corrected chi connectivity index (χ1v) is 5.22. The molecule has 18 heavy (non-hydrogen) atoms. The highest BCUT2D eigenvalue weighted by Gasteiger charge is 2.30. The lowest BCUT2D eigenvalue weighted by Gasteiger charge is -2.08. The molecule has 2 aromatic rings. The first-order valence-electron chi connectivity index (χ1n) is 5.22. The predicted molar refractivity (Wildman–Crippen MR) is 59.0 cm³/mol. The minimum absolute atomic E-state index is 0.189. The van der Waals surface area contributed by atoms with Crippen molar-refractivity contribution >= 4 is 0 Å². The summed E-state index contributed by atoms with van der Waals surface area (Å²) < 4.78 is 38.7. The van der Waals surface area contributed by atoms with Gasteiger partial charge >= 0.3 is 6.18 Å². The Morgan fingerprint density at radius 3 is 2.28 bits per heavy atom. The van der Waals surface area contributed by atoms with Crippen molar-refractivity contribution in [3.8, 4) is 5.69 Å². The number of hydrogen-bond donors (Lipinski definition) is 1. The normalized spacial score (nSPS) is 11.8. The standard InChI is InChI=1S/C11H11F3N4/c1-7-16-10(6-15)17-18(7)9-4-2-8(3-5-9)11(12,13)14/h2-5H,6,15H2,1H3. The Morgan fingerprint density at radius 1 is 1.22 bits per heavy atom. The number of halogens is 3. The zero-order chi connectivity index (χ0) is 13.3. The van der Waals surface area contributed by atoms with Crippen LogP contribution >= 0.6 is 0 Å². The van der Waals surface area contributed by atoms with Gasteiger partial charge in [-0.05, 0) is 31.2 Å². The fourth-order valence-electron chi connectivity index (χ4n) is 1.57. The summed E-state index contributed by atoms with van der Waals surface area (Å²) in [6, 6.07) is 4.73. The lowest BCUT2D eigenvalue weighted by Crippen LogP contribution is -2.06. The highest BCUT2D eigenvalue weighted by molar-refractivity contribution is 5.35. The number of aromatic nitrogens is 3. The maximum absolute atomic E-state index is 12.4. The molecule has 1 heterocycles. The van der Waals surface area contributed by atoms with Crippen molar-refractivity contribution in [2.75, 3.05) is 0 Å². The Morgan fingerprint density at radius 2 is 1.83 bits per heavy atom. The maximum atomic E-state index is 12.4. The van der Waals surface area contributed by atoms with Crippen LogP contribution in [0.2, 0.25) is 0 Å². The van der Waals surface area contributed by atoms with Gasteiger partial charge in [0.1, 0.15) is 5.82 Å². The predicted octanol–water partition coefficient (Wildman–Crippen LogP) is 2.05. The van der Waals surface area contributed by atoms with Gasteiger partial charge in [0, 0.05) is 0 Å². The summed E-state index contributed by atoms with van der Waals surface area (Å²) in [5.41, 5.74) is 5.23. The molecule has 0 aliphatic heterocycles. The molecule has 0 fully saturated rings.